The fourth-order valence-electron chi connectivity index (χ4n) is 0.797. The molecule has 11 heavy (non-hydrogen) atoms. The third kappa shape index (κ3) is 1.74. The van der Waals surface area contributed by atoms with E-state index in [1.54, 1.807) is 0 Å². The molecule has 1 fully saturated rings. The molecule has 1 heterocycles. The van der Waals surface area contributed by atoms with Crippen molar-refractivity contribution in [1.82, 2.24) is 5.01 Å². The van der Waals surface area contributed by atoms with E-state index in [1.807, 2.05) is 0 Å². The summed E-state index contributed by atoms with van der Waals surface area (Å²) in [7, 11) is 0. The van der Waals surface area contributed by atoms with Crippen LogP contribution >= 0.6 is 12.4 Å². The number of rotatable bonds is 0. The van der Waals surface area contributed by atoms with Crippen molar-refractivity contribution in [2.24, 2.45) is 5.84 Å². The lowest BCUT2D eigenvalue weighted by molar-refractivity contribution is -0.172. The highest BCUT2D eigenvalue weighted by Crippen LogP contribution is 2.39. The fraction of sp³-hybridized carbons (Fsp3) is 1.00. The number of alkyl halides is 4. The molecule has 0 aliphatic carbocycles. The van der Waals surface area contributed by atoms with Crippen LogP contribution in [0.5, 0.6) is 0 Å². The predicted octanol–water partition coefficient (Wildman–Crippen LogP) is 0.868. The van der Waals surface area contributed by atoms with Crippen LogP contribution in [0, 0.1) is 0 Å². The predicted molar refractivity (Wildman–Crippen MR) is 32.9 cm³/mol. The van der Waals surface area contributed by atoms with Crippen LogP contribution in [-0.4, -0.2) is 29.9 Å². The number of nitrogens with zero attached hydrogens (tertiary/aromatic N) is 1. The normalized spacial score (nSPS) is 28.1. The first-order chi connectivity index (χ1) is 4.35. The molecule has 0 radical (unpaired) electrons. The average molecular weight is 195 g/mol. The van der Waals surface area contributed by atoms with Gasteiger partial charge < -0.3 is 0 Å². The minimum Gasteiger partial charge on any atom is -0.268 e. The molecule has 0 aromatic heterocycles. The molecule has 7 heteroatoms. The second-order valence-corrected chi connectivity index (χ2v) is 2.31. The second kappa shape index (κ2) is 2.76. The van der Waals surface area contributed by atoms with Gasteiger partial charge in [-0.05, 0) is 0 Å². The summed E-state index contributed by atoms with van der Waals surface area (Å²) < 4.78 is 48.4. The van der Waals surface area contributed by atoms with Crippen LogP contribution in [0.3, 0.4) is 0 Å². The lowest BCUT2D eigenvalue weighted by Crippen LogP contribution is -2.38. The van der Waals surface area contributed by atoms with Crippen LogP contribution in [0.25, 0.3) is 0 Å². The van der Waals surface area contributed by atoms with Crippen molar-refractivity contribution in [3.63, 3.8) is 0 Å². The standard InChI is InChI=1S/C4H6F4N2.ClH/c5-3(6)1-10(9)2-4(3,7)8;/h1-2,9H2;1H. The van der Waals surface area contributed by atoms with Gasteiger partial charge in [0.05, 0.1) is 13.1 Å². The monoisotopic (exact) mass is 194 g/mol. The third-order valence-electron chi connectivity index (χ3n) is 1.34. The number of hydrogen-bond donors (Lipinski definition) is 1. The third-order valence-corrected chi connectivity index (χ3v) is 1.34. The van der Waals surface area contributed by atoms with Crippen molar-refractivity contribution in [1.29, 1.82) is 0 Å². The van der Waals surface area contributed by atoms with Crippen molar-refractivity contribution in [2.45, 2.75) is 11.8 Å². The molecule has 0 saturated carbocycles. The SMILES string of the molecule is Cl.NN1CC(F)(F)C(F)(F)C1. The first kappa shape index (κ1) is 10.9. The molecule has 0 aromatic carbocycles. The Kier molecular flexibility index (Phi) is 2.75. The molecule has 1 saturated heterocycles. The van der Waals surface area contributed by atoms with Crippen molar-refractivity contribution in [3.8, 4) is 0 Å². The minimum absolute atomic E-state index is 0. The molecule has 0 unspecified atom stereocenters. The largest absolute Gasteiger partial charge is 0.325 e. The average Bonchev–Trinajstić information content (AvgIpc) is 1.73. The summed E-state index contributed by atoms with van der Waals surface area (Å²) in [5.41, 5.74) is 0. The maximum Gasteiger partial charge on any atom is 0.325 e. The van der Waals surface area contributed by atoms with Crippen molar-refractivity contribution in [3.05, 3.63) is 0 Å². The topological polar surface area (TPSA) is 29.3 Å². The van der Waals surface area contributed by atoms with Crippen LogP contribution in [-0.2, 0) is 0 Å². The summed E-state index contributed by atoms with van der Waals surface area (Å²) in [4.78, 5) is 0. The maximum absolute atomic E-state index is 12.1. The molecule has 0 amide bonds. The Labute approximate surface area is 66.7 Å². The summed E-state index contributed by atoms with van der Waals surface area (Å²) in [6.45, 7) is -2.14. The minimum atomic E-state index is -3.97. The van der Waals surface area contributed by atoms with E-state index in [2.05, 4.69) is 0 Å². The van der Waals surface area contributed by atoms with E-state index in [1.165, 1.54) is 0 Å². The maximum atomic E-state index is 12.1. The Morgan fingerprint density at radius 3 is 1.36 bits per heavy atom. The number of nitrogens with two attached hydrogens (primary N) is 1. The summed E-state index contributed by atoms with van der Waals surface area (Å²) in [5, 5.41) is 0.417. The van der Waals surface area contributed by atoms with Crippen LogP contribution in [0.4, 0.5) is 17.6 Å². The van der Waals surface area contributed by atoms with Gasteiger partial charge in [0.25, 0.3) is 0 Å². The van der Waals surface area contributed by atoms with Crippen molar-refractivity contribution in [2.75, 3.05) is 13.1 Å². The van der Waals surface area contributed by atoms with Gasteiger partial charge in [-0.2, -0.15) is 17.6 Å². The van der Waals surface area contributed by atoms with Gasteiger partial charge in [-0.3, -0.25) is 5.84 Å². The highest BCUT2D eigenvalue weighted by Gasteiger charge is 2.62. The number of hydrazine groups is 1. The molecule has 0 bridgehead atoms. The van der Waals surface area contributed by atoms with E-state index in [0.29, 0.717) is 5.01 Å². The zero-order chi connectivity index (χ0) is 7.99. The summed E-state index contributed by atoms with van der Waals surface area (Å²) in [5.74, 6) is -3.18. The van der Waals surface area contributed by atoms with Gasteiger partial charge in [-0.25, -0.2) is 5.01 Å². The molecule has 1 aliphatic heterocycles. The van der Waals surface area contributed by atoms with E-state index >= 15 is 0 Å². The Morgan fingerprint density at radius 1 is 1.00 bits per heavy atom. The van der Waals surface area contributed by atoms with E-state index in [0.717, 1.165) is 0 Å². The molecule has 68 valence electrons. The zero-order valence-corrected chi connectivity index (χ0v) is 6.18. The first-order valence-electron chi connectivity index (χ1n) is 2.60. The summed E-state index contributed by atoms with van der Waals surface area (Å²) in [6.07, 6.45) is 0. The molecular formula is C4H7ClF4N2. The van der Waals surface area contributed by atoms with Crippen LogP contribution in [0.2, 0.25) is 0 Å². The molecule has 2 N–H and O–H groups in total. The Bertz CT molecular complexity index is 135. The highest BCUT2D eigenvalue weighted by atomic mass is 35.5. The Balaban J connectivity index is 0.000001000. The summed E-state index contributed by atoms with van der Waals surface area (Å²) >= 11 is 0. The lowest BCUT2D eigenvalue weighted by Gasteiger charge is -2.15. The van der Waals surface area contributed by atoms with Gasteiger partial charge in [0.1, 0.15) is 0 Å². The van der Waals surface area contributed by atoms with Crippen LogP contribution in [0.15, 0.2) is 0 Å². The van der Waals surface area contributed by atoms with Gasteiger partial charge in [0.15, 0.2) is 0 Å². The van der Waals surface area contributed by atoms with Gasteiger partial charge in [-0.15, -0.1) is 12.4 Å². The van der Waals surface area contributed by atoms with Crippen LogP contribution < -0.4 is 5.84 Å². The van der Waals surface area contributed by atoms with E-state index < -0.39 is 24.9 Å². The first-order valence-corrected chi connectivity index (χ1v) is 2.60. The quantitative estimate of drug-likeness (QED) is 0.458. The molecule has 0 spiro atoms. The Morgan fingerprint density at radius 2 is 1.27 bits per heavy atom. The Hall–Kier alpha value is -0.0700. The van der Waals surface area contributed by atoms with E-state index in [-0.39, 0.29) is 12.4 Å². The molecule has 0 atom stereocenters. The highest BCUT2D eigenvalue weighted by molar-refractivity contribution is 5.85. The number of hydrogen-bond acceptors (Lipinski definition) is 2. The molecule has 1 aliphatic rings. The number of halogens is 5. The van der Waals surface area contributed by atoms with Gasteiger partial charge >= 0.3 is 11.8 Å². The molecule has 1 rings (SSSR count). The van der Waals surface area contributed by atoms with Gasteiger partial charge in [0.2, 0.25) is 0 Å². The van der Waals surface area contributed by atoms with E-state index in [9.17, 15) is 17.6 Å². The van der Waals surface area contributed by atoms with Gasteiger partial charge in [-0.1, -0.05) is 0 Å². The molecular weight excluding hydrogens is 188 g/mol. The lowest BCUT2D eigenvalue weighted by atomic mass is 10.2. The second-order valence-electron chi connectivity index (χ2n) is 2.31. The van der Waals surface area contributed by atoms with Crippen molar-refractivity contribution < 1.29 is 17.6 Å². The fourth-order valence-corrected chi connectivity index (χ4v) is 0.797. The summed E-state index contributed by atoms with van der Waals surface area (Å²) in [6, 6.07) is 0. The molecule has 0 aromatic rings. The van der Waals surface area contributed by atoms with E-state index in [4.69, 9.17) is 5.84 Å². The van der Waals surface area contributed by atoms with Gasteiger partial charge in [0, 0.05) is 0 Å². The van der Waals surface area contributed by atoms with Crippen molar-refractivity contribution >= 4 is 12.4 Å². The van der Waals surface area contributed by atoms with Crippen LogP contribution in [0.1, 0.15) is 0 Å². The zero-order valence-electron chi connectivity index (χ0n) is 5.36. The smallest absolute Gasteiger partial charge is 0.268 e. The molecule has 2 nitrogen and oxygen atoms in total.